The highest BCUT2D eigenvalue weighted by Crippen LogP contribution is 2.45. The second-order valence-corrected chi connectivity index (χ2v) is 4.55. The van der Waals surface area contributed by atoms with E-state index in [1.54, 1.807) is 6.08 Å². The van der Waals surface area contributed by atoms with E-state index < -0.39 is 6.10 Å². The van der Waals surface area contributed by atoms with Gasteiger partial charge in [-0.1, -0.05) is 26.8 Å². The third kappa shape index (κ3) is 1.02. The van der Waals surface area contributed by atoms with Crippen molar-refractivity contribution in [3.8, 4) is 0 Å². The first-order chi connectivity index (χ1) is 5.93. The number of fused-ring (bicyclic) bond motifs is 1. The molecule has 2 heteroatoms. The van der Waals surface area contributed by atoms with Crippen molar-refractivity contribution >= 4 is 5.78 Å². The number of carbonyl (C=O) groups is 1. The van der Waals surface area contributed by atoms with Gasteiger partial charge in [-0.2, -0.15) is 0 Å². The Bertz CT molecular complexity index is 334. The van der Waals surface area contributed by atoms with Gasteiger partial charge in [0.1, 0.15) is 0 Å². The lowest BCUT2D eigenvalue weighted by Crippen LogP contribution is -2.23. The molecule has 0 aliphatic heterocycles. The largest absolute Gasteiger partial charge is 0.388 e. The van der Waals surface area contributed by atoms with Crippen molar-refractivity contribution in [2.45, 2.75) is 26.9 Å². The molecule has 2 aliphatic rings. The Morgan fingerprint density at radius 2 is 2.00 bits per heavy atom. The van der Waals surface area contributed by atoms with Crippen molar-refractivity contribution in [1.82, 2.24) is 0 Å². The summed E-state index contributed by atoms with van der Waals surface area (Å²) in [5.74, 6) is 0.0715. The fraction of sp³-hybridized carbons (Fsp3) is 0.545. The lowest BCUT2D eigenvalue weighted by atomic mass is 9.89. The van der Waals surface area contributed by atoms with Gasteiger partial charge in [-0.3, -0.25) is 4.79 Å². The van der Waals surface area contributed by atoms with E-state index in [2.05, 4.69) is 0 Å². The third-order valence-electron chi connectivity index (χ3n) is 3.05. The van der Waals surface area contributed by atoms with E-state index in [1.807, 2.05) is 26.8 Å². The molecule has 0 amide bonds. The minimum Gasteiger partial charge on any atom is -0.388 e. The average molecular weight is 178 g/mol. The third-order valence-corrected chi connectivity index (χ3v) is 3.05. The fourth-order valence-corrected chi connectivity index (χ4v) is 2.09. The molecule has 2 atom stereocenters. The van der Waals surface area contributed by atoms with Gasteiger partial charge in [-0.25, -0.2) is 0 Å². The van der Waals surface area contributed by atoms with Crippen LogP contribution < -0.4 is 0 Å². The van der Waals surface area contributed by atoms with E-state index in [-0.39, 0.29) is 17.1 Å². The fourth-order valence-electron chi connectivity index (χ4n) is 2.09. The first kappa shape index (κ1) is 8.70. The van der Waals surface area contributed by atoms with E-state index in [9.17, 15) is 9.90 Å². The van der Waals surface area contributed by atoms with Crippen LogP contribution in [0.15, 0.2) is 23.3 Å². The Kier molecular flexibility index (Phi) is 1.55. The van der Waals surface area contributed by atoms with Gasteiger partial charge in [0, 0.05) is 11.3 Å². The molecule has 0 heterocycles. The zero-order valence-corrected chi connectivity index (χ0v) is 8.16. The Hall–Kier alpha value is -0.890. The summed E-state index contributed by atoms with van der Waals surface area (Å²) in [6, 6.07) is 0. The van der Waals surface area contributed by atoms with Crippen LogP contribution in [0.1, 0.15) is 20.8 Å². The van der Waals surface area contributed by atoms with Crippen LogP contribution in [0.5, 0.6) is 0 Å². The predicted octanol–water partition coefficient (Wildman–Crippen LogP) is 1.46. The minimum atomic E-state index is -0.503. The molecule has 0 aromatic rings. The Morgan fingerprint density at radius 1 is 1.38 bits per heavy atom. The van der Waals surface area contributed by atoms with Gasteiger partial charge in [-0.05, 0) is 17.2 Å². The standard InChI is InChI=1S/C11H14O2/c1-6-8-5-11(2,3)10(13)7(8)4-9(6)12/h4-6,10,13H,1-3H3. The molecule has 2 unspecified atom stereocenters. The number of aliphatic hydroxyl groups is 1. The van der Waals surface area contributed by atoms with Gasteiger partial charge in [0.05, 0.1) is 6.10 Å². The van der Waals surface area contributed by atoms with Crippen molar-refractivity contribution in [1.29, 1.82) is 0 Å². The lowest BCUT2D eigenvalue weighted by molar-refractivity contribution is -0.116. The normalized spacial score (nSPS) is 35.8. The van der Waals surface area contributed by atoms with Gasteiger partial charge in [0.15, 0.2) is 5.78 Å². The van der Waals surface area contributed by atoms with Crippen LogP contribution in [0.3, 0.4) is 0 Å². The first-order valence-corrected chi connectivity index (χ1v) is 4.60. The van der Waals surface area contributed by atoms with Crippen molar-refractivity contribution < 1.29 is 9.90 Å². The molecule has 0 radical (unpaired) electrons. The molecule has 2 aliphatic carbocycles. The number of rotatable bonds is 0. The molecule has 0 fully saturated rings. The lowest BCUT2D eigenvalue weighted by Gasteiger charge is -2.21. The smallest absolute Gasteiger partial charge is 0.163 e. The maximum atomic E-state index is 11.3. The van der Waals surface area contributed by atoms with Crippen LogP contribution in [0.2, 0.25) is 0 Å². The van der Waals surface area contributed by atoms with Crippen LogP contribution >= 0.6 is 0 Å². The molecular formula is C11H14O2. The minimum absolute atomic E-state index is 0.0496. The molecule has 0 bridgehead atoms. The quantitative estimate of drug-likeness (QED) is 0.609. The number of carbonyl (C=O) groups excluding carboxylic acids is 1. The zero-order chi connectivity index (χ0) is 9.80. The Labute approximate surface area is 78.0 Å². The molecule has 2 nitrogen and oxygen atoms in total. The summed E-state index contributed by atoms with van der Waals surface area (Å²) < 4.78 is 0. The van der Waals surface area contributed by atoms with Gasteiger partial charge in [0.25, 0.3) is 0 Å². The number of ketones is 1. The van der Waals surface area contributed by atoms with E-state index >= 15 is 0 Å². The highest BCUT2D eigenvalue weighted by atomic mass is 16.3. The van der Waals surface area contributed by atoms with Crippen LogP contribution in [0.4, 0.5) is 0 Å². The molecule has 13 heavy (non-hydrogen) atoms. The summed E-state index contributed by atoms with van der Waals surface area (Å²) in [6.07, 6.45) is 3.12. The van der Waals surface area contributed by atoms with E-state index in [0.29, 0.717) is 0 Å². The summed E-state index contributed by atoms with van der Waals surface area (Å²) in [5.41, 5.74) is 1.65. The highest BCUT2D eigenvalue weighted by Gasteiger charge is 2.43. The van der Waals surface area contributed by atoms with Crippen LogP contribution in [-0.4, -0.2) is 17.0 Å². The summed E-state index contributed by atoms with van der Waals surface area (Å²) in [7, 11) is 0. The molecule has 0 aromatic carbocycles. The molecule has 1 N–H and O–H groups in total. The van der Waals surface area contributed by atoms with E-state index in [0.717, 1.165) is 11.1 Å². The summed E-state index contributed by atoms with van der Waals surface area (Å²) in [6.45, 7) is 5.87. The van der Waals surface area contributed by atoms with E-state index in [4.69, 9.17) is 0 Å². The molecule has 2 rings (SSSR count). The summed E-state index contributed by atoms with van der Waals surface area (Å²) in [5, 5.41) is 9.89. The maximum absolute atomic E-state index is 11.3. The molecular weight excluding hydrogens is 164 g/mol. The SMILES string of the molecule is CC1C(=O)C=C2C1=CC(C)(C)C2O. The van der Waals surface area contributed by atoms with Gasteiger partial charge in [0.2, 0.25) is 0 Å². The van der Waals surface area contributed by atoms with Crippen molar-refractivity contribution in [2.75, 3.05) is 0 Å². The average Bonchev–Trinajstić information content (AvgIpc) is 2.41. The predicted molar refractivity (Wildman–Crippen MR) is 50.1 cm³/mol. The number of hydrogen-bond acceptors (Lipinski definition) is 2. The molecule has 0 spiro atoms. The Morgan fingerprint density at radius 3 is 2.54 bits per heavy atom. The van der Waals surface area contributed by atoms with Crippen LogP contribution in [-0.2, 0) is 4.79 Å². The monoisotopic (exact) mass is 178 g/mol. The maximum Gasteiger partial charge on any atom is 0.163 e. The molecule has 70 valence electrons. The first-order valence-electron chi connectivity index (χ1n) is 4.60. The summed E-state index contributed by atoms with van der Waals surface area (Å²) in [4.78, 5) is 11.3. The number of hydrogen-bond donors (Lipinski definition) is 1. The Balaban J connectivity index is 2.48. The van der Waals surface area contributed by atoms with Gasteiger partial charge >= 0.3 is 0 Å². The second kappa shape index (κ2) is 2.32. The molecule has 0 saturated carbocycles. The highest BCUT2D eigenvalue weighted by molar-refractivity contribution is 6.00. The van der Waals surface area contributed by atoms with Gasteiger partial charge in [-0.15, -0.1) is 0 Å². The molecule has 0 saturated heterocycles. The topological polar surface area (TPSA) is 37.3 Å². The van der Waals surface area contributed by atoms with Crippen LogP contribution in [0.25, 0.3) is 0 Å². The number of aliphatic hydroxyl groups excluding tert-OH is 1. The van der Waals surface area contributed by atoms with Crippen LogP contribution in [0, 0.1) is 11.3 Å². The van der Waals surface area contributed by atoms with Crippen molar-refractivity contribution in [3.05, 3.63) is 23.3 Å². The number of allylic oxidation sites excluding steroid dienone is 1. The zero-order valence-electron chi connectivity index (χ0n) is 8.16. The second-order valence-electron chi connectivity index (χ2n) is 4.55. The molecule has 0 aromatic heterocycles. The van der Waals surface area contributed by atoms with E-state index in [1.165, 1.54) is 0 Å². The van der Waals surface area contributed by atoms with Crippen molar-refractivity contribution in [2.24, 2.45) is 11.3 Å². The van der Waals surface area contributed by atoms with Gasteiger partial charge < -0.3 is 5.11 Å². The van der Waals surface area contributed by atoms with Crippen molar-refractivity contribution in [3.63, 3.8) is 0 Å². The summed E-state index contributed by atoms with van der Waals surface area (Å²) >= 11 is 0.